The van der Waals surface area contributed by atoms with E-state index in [2.05, 4.69) is 34.6 Å². The third-order valence-electron chi connectivity index (χ3n) is 4.70. The highest BCUT2D eigenvalue weighted by Crippen LogP contribution is 2.42. The predicted octanol–water partition coefficient (Wildman–Crippen LogP) is 3.81. The molecule has 2 fully saturated rings. The van der Waals surface area contributed by atoms with E-state index in [0.717, 1.165) is 32.3 Å². The minimum atomic E-state index is 0.000145. The maximum absolute atomic E-state index is 11.8. The molecule has 0 radical (unpaired) electrons. The van der Waals surface area contributed by atoms with Crippen molar-refractivity contribution >= 4 is 5.97 Å². The van der Waals surface area contributed by atoms with Gasteiger partial charge in [0.05, 0.1) is 18.6 Å². The summed E-state index contributed by atoms with van der Waals surface area (Å²) >= 11 is 0. The first-order valence-corrected chi connectivity index (χ1v) is 7.96. The number of ether oxygens (including phenoxy) is 2. The van der Waals surface area contributed by atoms with E-state index in [-0.39, 0.29) is 17.3 Å². The van der Waals surface area contributed by atoms with Crippen LogP contribution in [-0.4, -0.2) is 25.3 Å². The summed E-state index contributed by atoms with van der Waals surface area (Å²) in [7, 11) is 0. The minimum Gasteiger partial charge on any atom is -0.465 e. The summed E-state index contributed by atoms with van der Waals surface area (Å²) in [6, 6.07) is 0. The molecule has 0 saturated carbocycles. The van der Waals surface area contributed by atoms with Crippen molar-refractivity contribution in [3.63, 3.8) is 0 Å². The summed E-state index contributed by atoms with van der Waals surface area (Å²) in [5.74, 6) is 0.662. The lowest BCUT2D eigenvalue weighted by Gasteiger charge is -2.31. The zero-order chi connectivity index (χ0) is 15.0. The van der Waals surface area contributed by atoms with E-state index in [4.69, 9.17) is 9.47 Å². The molecule has 0 aliphatic carbocycles. The molecule has 2 saturated heterocycles. The predicted molar refractivity (Wildman–Crippen MR) is 79.4 cm³/mol. The van der Waals surface area contributed by atoms with Crippen LogP contribution >= 0.6 is 0 Å². The van der Waals surface area contributed by atoms with Crippen molar-refractivity contribution in [2.75, 3.05) is 13.2 Å². The quantitative estimate of drug-likeness (QED) is 0.736. The largest absolute Gasteiger partial charge is 0.465 e. The lowest BCUT2D eigenvalue weighted by atomic mass is 9.71. The molecule has 0 bridgehead atoms. The Morgan fingerprint density at radius 3 is 2.40 bits per heavy atom. The van der Waals surface area contributed by atoms with Gasteiger partial charge in [0.2, 0.25) is 0 Å². The Labute approximate surface area is 123 Å². The highest BCUT2D eigenvalue weighted by molar-refractivity contribution is 5.75. The average molecular weight is 282 g/mol. The van der Waals surface area contributed by atoms with Gasteiger partial charge in [-0.05, 0) is 42.4 Å². The number of esters is 1. The topological polar surface area (TPSA) is 35.5 Å². The van der Waals surface area contributed by atoms with Gasteiger partial charge in [0.15, 0.2) is 0 Å². The number of hydrogen-bond acceptors (Lipinski definition) is 3. The van der Waals surface area contributed by atoms with Gasteiger partial charge in [-0.25, -0.2) is 0 Å². The molecule has 3 unspecified atom stereocenters. The maximum atomic E-state index is 11.8. The number of carbonyl (C=O) groups excluding carboxylic acids is 1. The molecule has 20 heavy (non-hydrogen) atoms. The standard InChI is InChI=1S/C17H30O3/c1-16(2,3)10-13-8-12(11-20-13)9-17(4,5)14-6-7-19-15(14)18/h12-14H,6-11H2,1-5H3. The van der Waals surface area contributed by atoms with E-state index >= 15 is 0 Å². The second kappa shape index (κ2) is 5.67. The van der Waals surface area contributed by atoms with Gasteiger partial charge in [0.1, 0.15) is 0 Å². The molecule has 0 aromatic carbocycles. The fourth-order valence-electron chi connectivity index (χ4n) is 3.84. The van der Waals surface area contributed by atoms with Gasteiger partial charge in [0, 0.05) is 6.61 Å². The number of carbonyl (C=O) groups is 1. The smallest absolute Gasteiger partial charge is 0.309 e. The Bertz CT molecular complexity index is 354. The fraction of sp³-hybridized carbons (Fsp3) is 0.941. The Morgan fingerprint density at radius 1 is 1.15 bits per heavy atom. The first kappa shape index (κ1) is 15.8. The molecular formula is C17H30O3. The number of hydrogen-bond donors (Lipinski definition) is 0. The van der Waals surface area contributed by atoms with E-state index in [1.54, 1.807) is 0 Å². The van der Waals surface area contributed by atoms with Crippen LogP contribution in [0.25, 0.3) is 0 Å². The van der Waals surface area contributed by atoms with E-state index in [0.29, 0.717) is 24.0 Å². The Kier molecular flexibility index (Phi) is 4.48. The molecular weight excluding hydrogens is 252 g/mol. The van der Waals surface area contributed by atoms with Crippen molar-refractivity contribution in [3.8, 4) is 0 Å². The van der Waals surface area contributed by atoms with E-state index < -0.39 is 0 Å². The van der Waals surface area contributed by atoms with Crippen LogP contribution in [0.3, 0.4) is 0 Å². The van der Waals surface area contributed by atoms with Gasteiger partial charge in [-0.2, -0.15) is 0 Å². The molecule has 0 N–H and O–H groups in total. The summed E-state index contributed by atoms with van der Waals surface area (Å²) in [5.41, 5.74) is 0.350. The van der Waals surface area contributed by atoms with Crippen LogP contribution in [0.4, 0.5) is 0 Å². The molecule has 116 valence electrons. The second-order valence-corrected chi connectivity index (χ2v) is 8.52. The molecule has 0 aromatic rings. The summed E-state index contributed by atoms with van der Waals surface area (Å²) in [4.78, 5) is 11.8. The van der Waals surface area contributed by atoms with Crippen LogP contribution in [0, 0.1) is 22.7 Å². The van der Waals surface area contributed by atoms with E-state index in [1.165, 1.54) is 0 Å². The van der Waals surface area contributed by atoms with Gasteiger partial charge in [-0.3, -0.25) is 4.79 Å². The van der Waals surface area contributed by atoms with Crippen LogP contribution in [0.15, 0.2) is 0 Å². The van der Waals surface area contributed by atoms with Crippen LogP contribution in [0.1, 0.15) is 60.3 Å². The molecule has 0 amide bonds. The zero-order valence-electron chi connectivity index (χ0n) is 13.7. The zero-order valence-corrected chi connectivity index (χ0v) is 13.7. The van der Waals surface area contributed by atoms with Gasteiger partial charge in [-0.1, -0.05) is 34.6 Å². The van der Waals surface area contributed by atoms with Crippen molar-refractivity contribution in [2.45, 2.75) is 66.4 Å². The highest BCUT2D eigenvalue weighted by Gasteiger charge is 2.42. The van der Waals surface area contributed by atoms with Crippen LogP contribution < -0.4 is 0 Å². The molecule has 0 spiro atoms. The second-order valence-electron chi connectivity index (χ2n) is 8.52. The van der Waals surface area contributed by atoms with Gasteiger partial charge >= 0.3 is 5.97 Å². The minimum absolute atomic E-state index is 0.000145. The van der Waals surface area contributed by atoms with E-state index in [9.17, 15) is 4.79 Å². The van der Waals surface area contributed by atoms with Crippen LogP contribution in [0.2, 0.25) is 0 Å². The van der Waals surface area contributed by atoms with Gasteiger partial charge in [-0.15, -0.1) is 0 Å². The molecule has 2 aliphatic heterocycles. The molecule has 3 nitrogen and oxygen atoms in total. The fourth-order valence-corrected chi connectivity index (χ4v) is 3.84. The summed E-state index contributed by atoms with van der Waals surface area (Å²) in [6.07, 6.45) is 4.60. The van der Waals surface area contributed by atoms with Gasteiger partial charge in [0.25, 0.3) is 0 Å². The molecule has 3 atom stereocenters. The molecule has 3 heteroatoms. The third-order valence-corrected chi connectivity index (χ3v) is 4.70. The normalized spacial score (nSPS) is 31.6. The van der Waals surface area contributed by atoms with Crippen molar-refractivity contribution in [3.05, 3.63) is 0 Å². The highest BCUT2D eigenvalue weighted by atomic mass is 16.5. The lowest BCUT2D eigenvalue weighted by Crippen LogP contribution is -2.30. The Morgan fingerprint density at radius 2 is 1.85 bits per heavy atom. The first-order valence-electron chi connectivity index (χ1n) is 7.96. The number of rotatable bonds is 4. The summed E-state index contributed by atoms with van der Waals surface area (Å²) in [5, 5.41) is 0. The van der Waals surface area contributed by atoms with Crippen molar-refractivity contribution in [1.29, 1.82) is 0 Å². The maximum Gasteiger partial charge on any atom is 0.309 e. The lowest BCUT2D eigenvalue weighted by molar-refractivity contribution is -0.144. The summed E-state index contributed by atoms with van der Waals surface area (Å²) in [6.45, 7) is 12.7. The monoisotopic (exact) mass is 282 g/mol. The van der Waals surface area contributed by atoms with Crippen molar-refractivity contribution in [2.24, 2.45) is 22.7 Å². The molecule has 2 rings (SSSR count). The van der Waals surface area contributed by atoms with Crippen LogP contribution in [-0.2, 0) is 14.3 Å². The van der Waals surface area contributed by atoms with Crippen LogP contribution in [0.5, 0.6) is 0 Å². The van der Waals surface area contributed by atoms with E-state index in [1.807, 2.05) is 0 Å². The Balaban J connectivity index is 1.86. The average Bonchev–Trinajstić information content (AvgIpc) is 2.85. The first-order chi connectivity index (χ1) is 9.17. The molecule has 2 aliphatic rings. The Hall–Kier alpha value is -0.570. The molecule has 2 heterocycles. The third kappa shape index (κ3) is 3.97. The van der Waals surface area contributed by atoms with Crippen molar-refractivity contribution < 1.29 is 14.3 Å². The van der Waals surface area contributed by atoms with Crippen molar-refractivity contribution in [1.82, 2.24) is 0 Å². The number of cyclic esters (lactones) is 1. The molecule has 0 aromatic heterocycles. The van der Waals surface area contributed by atoms with Gasteiger partial charge < -0.3 is 9.47 Å². The SMILES string of the molecule is CC(C)(C)CC1CC(CC(C)(C)C2CCOC2=O)CO1. The summed E-state index contributed by atoms with van der Waals surface area (Å²) < 4.78 is 11.1.